The lowest BCUT2D eigenvalue weighted by Crippen LogP contribution is -2.33. The number of carbonyl (C=O) groups excluding carboxylic acids is 1. The molecule has 0 bridgehead atoms. The van der Waals surface area contributed by atoms with Crippen LogP contribution in [0.3, 0.4) is 0 Å². The maximum atomic E-state index is 12.4. The summed E-state index contributed by atoms with van der Waals surface area (Å²) in [6, 6.07) is 6.23. The molecule has 1 amide bonds. The second-order valence-electron chi connectivity index (χ2n) is 5.36. The first-order valence-electron chi connectivity index (χ1n) is 7.08. The van der Waals surface area contributed by atoms with Crippen LogP contribution < -0.4 is 0 Å². The third-order valence-corrected chi connectivity index (χ3v) is 4.80. The number of likely N-dealkylation sites (tertiary alicyclic amines) is 1. The van der Waals surface area contributed by atoms with E-state index in [-0.39, 0.29) is 10.8 Å². The molecule has 1 aromatic carbocycles. The quantitative estimate of drug-likeness (QED) is 0.842. The van der Waals surface area contributed by atoms with Crippen LogP contribution >= 0.6 is 0 Å². The van der Waals surface area contributed by atoms with Crippen molar-refractivity contribution >= 4 is 15.7 Å². The third-order valence-electron chi connectivity index (χ3n) is 3.67. The van der Waals surface area contributed by atoms with Crippen LogP contribution in [0.15, 0.2) is 29.2 Å². The summed E-state index contributed by atoms with van der Waals surface area (Å²) in [5.41, 5.74) is 0.568. The molecule has 0 aromatic heterocycles. The van der Waals surface area contributed by atoms with Crippen LogP contribution in [0.1, 0.15) is 42.5 Å². The van der Waals surface area contributed by atoms with Crippen LogP contribution in [0.4, 0.5) is 0 Å². The second kappa shape index (κ2) is 6.39. The van der Waals surface area contributed by atoms with Crippen LogP contribution in [0.25, 0.3) is 0 Å². The first-order chi connectivity index (χ1) is 9.48. The lowest BCUT2D eigenvalue weighted by Gasteiger charge is -2.24. The molecule has 0 radical (unpaired) electrons. The molecule has 1 aliphatic heterocycles. The number of rotatable bonds is 2. The molecule has 1 fully saturated rings. The van der Waals surface area contributed by atoms with Gasteiger partial charge in [-0.15, -0.1) is 0 Å². The van der Waals surface area contributed by atoms with E-state index in [1.807, 2.05) is 4.90 Å². The van der Waals surface area contributed by atoms with E-state index in [9.17, 15) is 13.2 Å². The molecule has 0 N–H and O–H groups in total. The molecule has 1 saturated heterocycles. The number of sulfone groups is 1. The van der Waals surface area contributed by atoms with Gasteiger partial charge in [-0.1, -0.05) is 19.3 Å². The maximum Gasteiger partial charge on any atom is 0.253 e. The fourth-order valence-electron chi connectivity index (χ4n) is 2.48. The van der Waals surface area contributed by atoms with Gasteiger partial charge in [0, 0.05) is 24.9 Å². The Morgan fingerprint density at radius 3 is 1.95 bits per heavy atom. The van der Waals surface area contributed by atoms with Crippen molar-refractivity contribution in [1.82, 2.24) is 4.90 Å². The molecule has 0 unspecified atom stereocenters. The molecule has 0 atom stereocenters. The summed E-state index contributed by atoms with van der Waals surface area (Å²) in [7, 11) is -3.21. The summed E-state index contributed by atoms with van der Waals surface area (Å²) in [6.07, 6.45) is 6.88. The summed E-state index contributed by atoms with van der Waals surface area (Å²) < 4.78 is 22.8. The van der Waals surface area contributed by atoms with Gasteiger partial charge in [0.1, 0.15) is 0 Å². The number of amides is 1. The van der Waals surface area contributed by atoms with Gasteiger partial charge in [0.05, 0.1) is 4.90 Å². The average Bonchev–Trinajstić information content (AvgIpc) is 2.37. The van der Waals surface area contributed by atoms with Crippen molar-refractivity contribution in [2.24, 2.45) is 0 Å². The Hall–Kier alpha value is -1.36. The molecule has 1 aliphatic rings. The highest BCUT2D eigenvalue weighted by molar-refractivity contribution is 7.90. The molecule has 20 heavy (non-hydrogen) atoms. The monoisotopic (exact) mass is 295 g/mol. The van der Waals surface area contributed by atoms with Gasteiger partial charge in [-0.3, -0.25) is 4.79 Å². The zero-order valence-electron chi connectivity index (χ0n) is 11.8. The maximum absolute atomic E-state index is 12.4. The largest absolute Gasteiger partial charge is 0.339 e. The molecule has 0 spiro atoms. The van der Waals surface area contributed by atoms with Gasteiger partial charge in [-0.05, 0) is 37.1 Å². The average molecular weight is 295 g/mol. The Labute approximate surface area is 120 Å². The fourth-order valence-corrected chi connectivity index (χ4v) is 3.11. The minimum atomic E-state index is -3.21. The Morgan fingerprint density at radius 2 is 1.45 bits per heavy atom. The standard InChI is InChI=1S/C15H21NO3S/c1-20(18,19)14-9-7-13(8-10-14)15(17)16-11-5-3-2-4-6-12-16/h7-10H,2-6,11-12H2,1H3. The Morgan fingerprint density at radius 1 is 0.950 bits per heavy atom. The van der Waals surface area contributed by atoms with Crippen molar-refractivity contribution in [1.29, 1.82) is 0 Å². The van der Waals surface area contributed by atoms with Gasteiger partial charge in [0.15, 0.2) is 9.84 Å². The molecule has 5 heteroatoms. The minimum absolute atomic E-state index is 0.00644. The smallest absolute Gasteiger partial charge is 0.253 e. The van der Waals surface area contributed by atoms with E-state index in [1.54, 1.807) is 12.1 Å². The van der Waals surface area contributed by atoms with Gasteiger partial charge >= 0.3 is 0 Å². The van der Waals surface area contributed by atoms with E-state index in [2.05, 4.69) is 0 Å². The lowest BCUT2D eigenvalue weighted by atomic mass is 10.1. The van der Waals surface area contributed by atoms with Crippen LogP contribution in [-0.2, 0) is 9.84 Å². The number of hydrogen-bond donors (Lipinski definition) is 0. The van der Waals surface area contributed by atoms with Gasteiger partial charge in [-0.25, -0.2) is 8.42 Å². The van der Waals surface area contributed by atoms with Crippen LogP contribution in [0, 0.1) is 0 Å². The van der Waals surface area contributed by atoms with E-state index in [0.29, 0.717) is 5.56 Å². The van der Waals surface area contributed by atoms with E-state index in [0.717, 1.165) is 25.9 Å². The predicted molar refractivity (Wildman–Crippen MR) is 78.5 cm³/mol. The molecule has 0 saturated carbocycles. The van der Waals surface area contributed by atoms with Crippen molar-refractivity contribution in [3.8, 4) is 0 Å². The molecule has 110 valence electrons. The SMILES string of the molecule is CS(=O)(=O)c1ccc(C(=O)N2CCCCCCC2)cc1. The summed E-state index contributed by atoms with van der Waals surface area (Å²) >= 11 is 0. The van der Waals surface area contributed by atoms with E-state index >= 15 is 0 Å². The minimum Gasteiger partial charge on any atom is -0.339 e. The molecular weight excluding hydrogens is 274 g/mol. The lowest BCUT2D eigenvalue weighted by molar-refractivity contribution is 0.0742. The van der Waals surface area contributed by atoms with Crippen molar-refractivity contribution in [3.63, 3.8) is 0 Å². The van der Waals surface area contributed by atoms with E-state index in [1.165, 1.54) is 37.7 Å². The first-order valence-corrected chi connectivity index (χ1v) is 8.97. The van der Waals surface area contributed by atoms with Crippen molar-refractivity contribution in [2.45, 2.75) is 37.0 Å². The van der Waals surface area contributed by atoms with Gasteiger partial charge in [0.25, 0.3) is 5.91 Å². The highest BCUT2D eigenvalue weighted by Gasteiger charge is 2.17. The van der Waals surface area contributed by atoms with Crippen LogP contribution in [0.2, 0.25) is 0 Å². The zero-order valence-corrected chi connectivity index (χ0v) is 12.7. The molecule has 0 aliphatic carbocycles. The molecule has 2 rings (SSSR count). The zero-order chi connectivity index (χ0) is 14.6. The van der Waals surface area contributed by atoms with Crippen LogP contribution in [0.5, 0.6) is 0 Å². The van der Waals surface area contributed by atoms with E-state index < -0.39 is 9.84 Å². The first kappa shape index (κ1) is 15.0. The highest BCUT2D eigenvalue weighted by Crippen LogP contribution is 2.15. The second-order valence-corrected chi connectivity index (χ2v) is 7.37. The summed E-state index contributed by atoms with van der Waals surface area (Å²) in [6.45, 7) is 1.60. The van der Waals surface area contributed by atoms with Gasteiger partial charge in [0.2, 0.25) is 0 Å². The predicted octanol–water partition coefficient (Wildman–Crippen LogP) is 2.50. The number of nitrogens with zero attached hydrogens (tertiary/aromatic N) is 1. The molecule has 1 heterocycles. The van der Waals surface area contributed by atoms with Crippen molar-refractivity contribution in [2.75, 3.05) is 19.3 Å². The topological polar surface area (TPSA) is 54.5 Å². The van der Waals surface area contributed by atoms with E-state index in [4.69, 9.17) is 0 Å². The molecule has 4 nitrogen and oxygen atoms in total. The number of benzene rings is 1. The fraction of sp³-hybridized carbons (Fsp3) is 0.533. The Bertz CT molecular complexity index is 555. The Balaban J connectivity index is 2.11. The third kappa shape index (κ3) is 3.82. The number of carbonyl (C=O) groups is 1. The summed E-state index contributed by atoms with van der Waals surface area (Å²) in [4.78, 5) is 14.5. The van der Waals surface area contributed by atoms with Crippen molar-refractivity contribution < 1.29 is 13.2 Å². The summed E-state index contributed by atoms with van der Waals surface area (Å²) in [5, 5.41) is 0. The highest BCUT2D eigenvalue weighted by atomic mass is 32.2. The van der Waals surface area contributed by atoms with Gasteiger partial charge in [-0.2, -0.15) is 0 Å². The Kier molecular flexibility index (Phi) is 4.81. The summed E-state index contributed by atoms with van der Waals surface area (Å²) in [5.74, 6) is 0.00644. The van der Waals surface area contributed by atoms with Crippen molar-refractivity contribution in [3.05, 3.63) is 29.8 Å². The number of hydrogen-bond acceptors (Lipinski definition) is 3. The molecular formula is C15H21NO3S. The molecule has 1 aromatic rings. The van der Waals surface area contributed by atoms with Gasteiger partial charge < -0.3 is 4.90 Å². The van der Waals surface area contributed by atoms with Crippen LogP contribution in [-0.4, -0.2) is 38.6 Å². The normalized spacial score (nSPS) is 17.4.